The van der Waals surface area contributed by atoms with Crippen molar-refractivity contribution in [3.63, 3.8) is 0 Å². The van der Waals surface area contributed by atoms with E-state index in [1.54, 1.807) is 35.1 Å². The van der Waals surface area contributed by atoms with Gasteiger partial charge in [-0.25, -0.2) is 9.48 Å². The van der Waals surface area contributed by atoms with Crippen molar-refractivity contribution >= 4 is 28.5 Å². The minimum absolute atomic E-state index is 0.0472. The van der Waals surface area contributed by atoms with Crippen molar-refractivity contribution in [2.75, 3.05) is 11.6 Å². The number of pyridine rings is 1. The standard InChI is InChI=1S/C29H27N5O5/c1-29(2)26(32-16-23(27(36)37)39-17-32)25(18-7-5-4-6-8-18)33(28(29)38)20-9-11-22-19(13-20)14-30-34(22)21-10-12-24(35)31(3)15-21/h4-16,25-26H,17H2,1-3H3,(H,36,37)/t25-,26-/m1/s1. The van der Waals surface area contributed by atoms with Gasteiger partial charge < -0.3 is 24.2 Å². The number of amides is 1. The van der Waals surface area contributed by atoms with Crippen molar-refractivity contribution in [1.82, 2.24) is 19.2 Å². The zero-order valence-corrected chi connectivity index (χ0v) is 21.7. The van der Waals surface area contributed by atoms with Gasteiger partial charge in [0.15, 0.2) is 6.73 Å². The molecule has 1 saturated heterocycles. The van der Waals surface area contributed by atoms with Gasteiger partial charge in [-0.2, -0.15) is 5.10 Å². The Balaban J connectivity index is 1.46. The Bertz CT molecular complexity index is 1700. The number of rotatable bonds is 5. The molecule has 0 aliphatic carbocycles. The van der Waals surface area contributed by atoms with E-state index in [0.717, 1.165) is 22.2 Å². The molecule has 1 fully saturated rings. The molecule has 0 spiro atoms. The van der Waals surface area contributed by atoms with Gasteiger partial charge in [0.2, 0.25) is 17.2 Å². The number of benzene rings is 2. The fraction of sp³-hybridized carbons (Fsp3) is 0.241. The molecule has 198 valence electrons. The number of carboxylic acid groups (broad SMARTS) is 1. The number of fused-ring (bicyclic) bond motifs is 1. The molecule has 39 heavy (non-hydrogen) atoms. The number of aryl methyl sites for hydroxylation is 1. The van der Waals surface area contributed by atoms with Crippen molar-refractivity contribution < 1.29 is 19.4 Å². The van der Waals surface area contributed by atoms with Crippen molar-refractivity contribution in [3.8, 4) is 5.69 Å². The third-order valence-corrected chi connectivity index (χ3v) is 7.59. The summed E-state index contributed by atoms with van der Waals surface area (Å²) in [4.78, 5) is 41.1. The number of hydrogen-bond donors (Lipinski definition) is 1. The normalized spacial score (nSPS) is 20.4. The lowest BCUT2D eigenvalue weighted by atomic mass is 9.81. The van der Waals surface area contributed by atoms with Crippen LogP contribution in [0.25, 0.3) is 16.6 Å². The van der Waals surface area contributed by atoms with Gasteiger partial charge in [-0.3, -0.25) is 9.59 Å². The first kappa shape index (κ1) is 24.5. The van der Waals surface area contributed by atoms with Crippen LogP contribution < -0.4 is 10.5 Å². The summed E-state index contributed by atoms with van der Waals surface area (Å²) in [6, 6.07) is 17.9. The van der Waals surface area contributed by atoms with E-state index in [1.807, 2.05) is 67.3 Å². The van der Waals surface area contributed by atoms with Crippen LogP contribution in [0.3, 0.4) is 0 Å². The highest BCUT2D eigenvalue weighted by Gasteiger charge is 2.57. The third-order valence-electron chi connectivity index (χ3n) is 7.59. The number of carboxylic acids is 1. The van der Waals surface area contributed by atoms with Crippen LogP contribution in [0, 0.1) is 5.41 Å². The van der Waals surface area contributed by atoms with Gasteiger partial charge in [0.25, 0.3) is 0 Å². The number of nitrogens with zero attached hydrogens (tertiary/aromatic N) is 5. The molecule has 4 aromatic rings. The summed E-state index contributed by atoms with van der Waals surface area (Å²) in [6.45, 7) is 3.82. The summed E-state index contributed by atoms with van der Waals surface area (Å²) in [5.74, 6) is -1.37. The minimum atomic E-state index is -1.14. The topological polar surface area (TPSA) is 110 Å². The first-order valence-electron chi connectivity index (χ1n) is 12.5. The number of aromatic nitrogens is 3. The smallest absolute Gasteiger partial charge is 0.372 e. The molecule has 4 heterocycles. The fourth-order valence-corrected chi connectivity index (χ4v) is 5.68. The predicted molar refractivity (Wildman–Crippen MR) is 144 cm³/mol. The summed E-state index contributed by atoms with van der Waals surface area (Å²) in [6.07, 6.45) is 4.95. The molecular formula is C29H27N5O5. The molecule has 2 aliphatic heterocycles. The van der Waals surface area contributed by atoms with Crippen LogP contribution >= 0.6 is 0 Å². The van der Waals surface area contributed by atoms with Crippen molar-refractivity contribution in [2.24, 2.45) is 12.5 Å². The first-order chi connectivity index (χ1) is 18.7. The van der Waals surface area contributed by atoms with E-state index in [9.17, 15) is 19.5 Å². The molecule has 0 saturated carbocycles. The number of carbonyl (C=O) groups excluding carboxylic acids is 1. The molecule has 2 aromatic carbocycles. The summed E-state index contributed by atoms with van der Waals surface area (Å²) in [5, 5.41) is 14.8. The van der Waals surface area contributed by atoms with Gasteiger partial charge in [0.1, 0.15) is 0 Å². The van der Waals surface area contributed by atoms with Crippen LogP contribution in [0.4, 0.5) is 5.69 Å². The monoisotopic (exact) mass is 525 g/mol. The van der Waals surface area contributed by atoms with Gasteiger partial charge in [-0.05, 0) is 43.7 Å². The van der Waals surface area contributed by atoms with Crippen molar-refractivity contribution in [2.45, 2.75) is 25.9 Å². The zero-order chi connectivity index (χ0) is 27.5. The van der Waals surface area contributed by atoms with Crippen LogP contribution in [0.5, 0.6) is 0 Å². The highest BCUT2D eigenvalue weighted by Crippen LogP contribution is 2.50. The van der Waals surface area contributed by atoms with E-state index in [2.05, 4.69) is 5.10 Å². The maximum absolute atomic E-state index is 14.1. The molecule has 6 rings (SSSR count). The maximum Gasteiger partial charge on any atom is 0.372 e. The lowest BCUT2D eigenvalue weighted by Gasteiger charge is -2.35. The van der Waals surface area contributed by atoms with Crippen LogP contribution in [0.1, 0.15) is 25.5 Å². The molecule has 2 aliphatic rings. The summed E-state index contributed by atoms with van der Waals surface area (Å²) < 4.78 is 8.69. The van der Waals surface area contributed by atoms with Crippen LogP contribution in [0.2, 0.25) is 0 Å². The number of hydrogen-bond acceptors (Lipinski definition) is 6. The summed E-state index contributed by atoms with van der Waals surface area (Å²) >= 11 is 0. The highest BCUT2D eigenvalue weighted by atomic mass is 16.5. The summed E-state index contributed by atoms with van der Waals surface area (Å²) in [5.41, 5.74) is 2.25. The zero-order valence-electron chi connectivity index (χ0n) is 21.7. The molecule has 1 N–H and O–H groups in total. The Morgan fingerprint density at radius 2 is 1.79 bits per heavy atom. The molecule has 10 nitrogen and oxygen atoms in total. The lowest BCUT2D eigenvalue weighted by Crippen LogP contribution is -2.43. The molecule has 0 unspecified atom stereocenters. The Labute approximate surface area is 223 Å². The van der Waals surface area contributed by atoms with Gasteiger partial charge in [-0.15, -0.1) is 0 Å². The average molecular weight is 526 g/mol. The second kappa shape index (κ2) is 8.87. The van der Waals surface area contributed by atoms with E-state index < -0.39 is 23.5 Å². The molecule has 0 radical (unpaired) electrons. The molecule has 10 heteroatoms. The highest BCUT2D eigenvalue weighted by molar-refractivity contribution is 6.03. The first-order valence-corrected chi connectivity index (χ1v) is 12.5. The average Bonchev–Trinajstić information content (AvgIpc) is 3.62. The second-order valence-corrected chi connectivity index (χ2v) is 10.4. The Morgan fingerprint density at radius 1 is 1.05 bits per heavy atom. The molecule has 0 bridgehead atoms. The SMILES string of the molecule is Cn1cc(-n2ncc3cc(N4C(=O)C(C)(C)[C@H](N5C=C(C(=O)O)OC5)[C@H]4c4ccccc4)ccc32)ccc1=O. The van der Waals surface area contributed by atoms with Crippen molar-refractivity contribution in [3.05, 3.63) is 101 Å². The van der Waals surface area contributed by atoms with Crippen LogP contribution in [-0.2, 0) is 21.4 Å². The van der Waals surface area contributed by atoms with E-state index in [4.69, 9.17) is 4.74 Å². The lowest BCUT2D eigenvalue weighted by molar-refractivity contribution is -0.136. The maximum atomic E-state index is 14.1. The molecule has 2 atom stereocenters. The van der Waals surface area contributed by atoms with E-state index in [1.165, 1.54) is 16.8 Å². The number of anilines is 1. The van der Waals surface area contributed by atoms with Crippen molar-refractivity contribution in [1.29, 1.82) is 0 Å². The molecule has 2 aromatic heterocycles. The fourth-order valence-electron chi connectivity index (χ4n) is 5.68. The van der Waals surface area contributed by atoms with E-state index >= 15 is 0 Å². The number of carbonyl (C=O) groups is 2. The second-order valence-electron chi connectivity index (χ2n) is 10.4. The Kier molecular flexibility index (Phi) is 5.56. The summed E-state index contributed by atoms with van der Waals surface area (Å²) in [7, 11) is 1.69. The largest absolute Gasteiger partial charge is 0.475 e. The Morgan fingerprint density at radius 3 is 2.49 bits per heavy atom. The number of aliphatic carboxylic acids is 1. The van der Waals surface area contributed by atoms with Gasteiger partial charge >= 0.3 is 5.97 Å². The van der Waals surface area contributed by atoms with Gasteiger partial charge in [0, 0.05) is 30.4 Å². The predicted octanol–water partition coefficient (Wildman–Crippen LogP) is 3.42. The molecular weight excluding hydrogens is 498 g/mol. The minimum Gasteiger partial charge on any atom is -0.475 e. The Hall–Kier alpha value is -4.86. The van der Waals surface area contributed by atoms with Crippen LogP contribution in [-0.4, -0.2) is 49.0 Å². The van der Waals surface area contributed by atoms with E-state index in [0.29, 0.717) is 5.69 Å². The van der Waals surface area contributed by atoms with Crippen LogP contribution in [0.15, 0.2) is 89.8 Å². The quantitative estimate of drug-likeness (QED) is 0.425. The molecule has 1 amide bonds. The van der Waals surface area contributed by atoms with Gasteiger partial charge in [0.05, 0.1) is 41.1 Å². The van der Waals surface area contributed by atoms with Gasteiger partial charge in [-0.1, -0.05) is 30.3 Å². The third kappa shape index (κ3) is 3.87. The number of ether oxygens (including phenoxy) is 1. The van der Waals surface area contributed by atoms with E-state index in [-0.39, 0.29) is 24.0 Å².